The number of furan rings is 1. The summed E-state index contributed by atoms with van der Waals surface area (Å²) in [6.45, 7) is 1.15. The molecule has 0 radical (unpaired) electrons. The second kappa shape index (κ2) is 6.62. The maximum absolute atomic E-state index is 12.1. The third-order valence-corrected chi connectivity index (χ3v) is 3.45. The van der Waals surface area contributed by atoms with E-state index in [0.29, 0.717) is 23.9 Å². The maximum atomic E-state index is 12.1. The summed E-state index contributed by atoms with van der Waals surface area (Å²) in [4.78, 5) is 21.8. The van der Waals surface area contributed by atoms with E-state index in [2.05, 4.69) is 9.97 Å². The van der Waals surface area contributed by atoms with Gasteiger partial charge < -0.3 is 14.1 Å². The lowest BCUT2D eigenvalue weighted by Crippen LogP contribution is -2.29. The van der Waals surface area contributed by atoms with Gasteiger partial charge in [0, 0.05) is 19.0 Å². The summed E-state index contributed by atoms with van der Waals surface area (Å²) < 4.78 is 10.8. The van der Waals surface area contributed by atoms with Crippen molar-refractivity contribution in [3.63, 3.8) is 0 Å². The van der Waals surface area contributed by atoms with Gasteiger partial charge in [0.25, 0.3) is 0 Å². The van der Waals surface area contributed by atoms with Crippen LogP contribution in [0.1, 0.15) is 12.2 Å². The normalized spacial score (nSPS) is 18.0. The first-order chi connectivity index (χ1) is 10.7. The maximum Gasteiger partial charge on any atom is 0.316 e. The number of nitrogens with zero attached hydrogens (tertiary/aromatic N) is 3. The summed E-state index contributed by atoms with van der Waals surface area (Å²) in [5.74, 6) is 0.578. The van der Waals surface area contributed by atoms with Gasteiger partial charge in [0.2, 0.25) is 5.91 Å². The molecule has 0 spiro atoms. The van der Waals surface area contributed by atoms with Gasteiger partial charge in [0.05, 0.1) is 30.2 Å². The zero-order chi connectivity index (χ0) is 15.4. The van der Waals surface area contributed by atoms with Crippen molar-refractivity contribution >= 4 is 23.6 Å². The second-order valence-electron chi connectivity index (χ2n) is 4.85. The predicted octanol–water partition coefficient (Wildman–Crippen LogP) is 2.42. The van der Waals surface area contributed by atoms with E-state index in [1.165, 1.54) is 18.5 Å². The van der Waals surface area contributed by atoms with Gasteiger partial charge in [0.1, 0.15) is 11.9 Å². The average Bonchev–Trinajstić information content (AvgIpc) is 3.19. The first-order valence-corrected chi connectivity index (χ1v) is 7.23. The van der Waals surface area contributed by atoms with Crippen molar-refractivity contribution in [2.75, 3.05) is 13.1 Å². The van der Waals surface area contributed by atoms with Crippen molar-refractivity contribution in [2.24, 2.45) is 0 Å². The molecule has 2 aromatic heterocycles. The minimum atomic E-state index is -0.109. The zero-order valence-electron chi connectivity index (χ0n) is 11.7. The molecule has 2 aromatic rings. The summed E-state index contributed by atoms with van der Waals surface area (Å²) >= 11 is 5.72. The summed E-state index contributed by atoms with van der Waals surface area (Å²) in [5, 5.41) is 0.457. The third-order valence-electron chi connectivity index (χ3n) is 3.26. The highest BCUT2D eigenvalue weighted by Gasteiger charge is 2.27. The molecule has 1 aliphatic heterocycles. The van der Waals surface area contributed by atoms with Gasteiger partial charge in [-0.15, -0.1) is 0 Å². The fourth-order valence-electron chi connectivity index (χ4n) is 2.18. The summed E-state index contributed by atoms with van der Waals surface area (Å²) in [6, 6.07) is 3.84. The third kappa shape index (κ3) is 3.65. The molecule has 3 heterocycles. The largest absolute Gasteiger partial charge is 0.465 e. The number of aromatic nitrogens is 2. The molecule has 3 rings (SSSR count). The van der Waals surface area contributed by atoms with Crippen LogP contribution in [-0.4, -0.2) is 40.0 Å². The lowest BCUT2D eigenvalue weighted by atomic mass is 10.3. The highest BCUT2D eigenvalue weighted by Crippen LogP contribution is 2.16. The number of carbonyl (C=O) groups is 1. The van der Waals surface area contributed by atoms with Gasteiger partial charge >= 0.3 is 6.01 Å². The predicted molar refractivity (Wildman–Crippen MR) is 80.4 cm³/mol. The molecule has 0 unspecified atom stereocenters. The number of hydrogen-bond acceptors (Lipinski definition) is 5. The molecule has 1 aliphatic rings. The number of carbonyl (C=O) groups excluding carboxylic acids is 1. The molecular weight excluding hydrogens is 306 g/mol. The minimum absolute atomic E-state index is 0.0699. The van der Waals surface area contributed by atoms with E-state index in [1.54, 1.807) is 29.4 Å². The van der Waals surface area contributed by atoms with E-state index in [9.17, 15) is 4.79 Å². The monoisotopic (exact) mass is 319 g/mol. The smallest absolute Gasteiger partial charge is 0.316 e. The first kappa shape index (κ1) is 14.6. The summed E-state index contributed by atoms with van der Waals surface area (Å²) in [6.07, 6.45) is 8.31. The van der Waals surface area contributed by atoms with Gasteiger partial charge in [-0.1, -0.05) is 11.6 Å². The van der Waals surface area contributed by atoms with Crippen LogP contribution in [0.3, 0.4) is 0 Å². The highest BCUT2D eigenvalue weighted by atomic mass is 35.5. The molecule has 0 aliphatic carbocycles. The molecule has 0 N–H and O–H groups in total. The molecule has 6 nitrogen and oxygen atoms in total. The van der Waals surface area contributed by atoms with Crippen LogP contribution in [-0.2, 0) is 4.79 Å². The first-order valence-electron chi connectivity index (χ1n) is 6.85. The van der Waals surface area contributed by atoms with Crippen LogP contribution in [0, 0.1) is 0 Å². The molecule has 1 atom stereocenters. The SMILES string of the molecule is O=C(/C=C/c1ccco1)N1CC[C@@H](Oc2ncc(Cl)cn2)C1. The number of likely N-dealkylation sites (tertiary alicyclic amines) is 1. The van der Waals surface area contributed by atoms with Crippen molar-refractivity contribution in [2.45, 2.75) is 12.5 Å². The van der Waals surface area contributed by atoms with E-state index in [0.717, 1.165) is 6.42 Å². The van der Waals surface area contributed by atoms with Crippen LogP contribution in [0.15, 0.2) is 41.3 Å². The molecule has 0 bridgehead atoms. The van der Waals surface area contributed by atoms with Crippen molar-refractivity contribution in [3.8, 4) is 6.01 Å². The Labute approximate surface area is 132 Å². The standard InChI is InChI=1S/C15H14ClN3O3/c16-11-8-17-15(18-9-11)22-13-5-6-19(10-13)14(20)4-3-12-2-1-7-21-12/h1-4,7-9,13H,5-6,10H2/b4-3+/t13-/m1/s1. The molecule has 1 saturated heterocycles. The van der Waals surface area contributed by atoms with Crippen LogP contribution in [0.5, 0.6) is 6.01 Å². The Morgan fingerprint density at radius 3 is 3.00 bits per heavy atom. The Bertz CT molecular complexity index is 655. The Morgan fingerprint density at radius 2 is 2.27 bits per heavy atom. The minimum Gasteiger partial charge on any atom is -0.465 e. The van der Waals surface area contributed by atoms with Crippen LogP contribution < -0.4 is 4.74 Å². The van der Waals surface area contributed by atoms with Crippen LogP contribution in [0.25, 0.3) is 6.08 Å². The van der Waals surface area contributed by atoms with E-state index in [1.807, 2.05) is 0 Å². The molecule has 0 saturated carbocycles. The summed E-state index contributed by atoms with van der Waals surface area (Å²) in [7, 11) is 0. The lowest BCUT2D eigenvalue weighted by molar-refractivity contribution is -0.125. The van der Waals surface area contributed by atoms with Crippen LogP contribution in [0.4, 0.5) is 0 Å². The van der Waals surface area contributed by atoms with Gasteiger partial charge in [-0.05, 0) is 18.2 Å². The van der Waals surface area contributed by atoms with E-state index in [4.69, 9.17) is 20.8 Å². The number of halogens is 1. The van der Waals surface area contributed by atoms with Gasteiger partial charge in [-0.25, -0.2) is 9.97 Å². The fourth-order valence-corrected chi connectivity index (χ4v) is 2.28. The van der Waals surface area contributed by atoms with Crippen molar-refractivity contribution < 1.29 is 13.9 Å². The Balaban J connectivity index is 1.53. The van der Waals surface area contributed by atoms with Gasteiger partial charge in [-0.3, -0.25) is 4.79 Å². The highest BCUT2D eigenvalue weighted by molar-refractivity contribution is 6.30. The number of amides is 1. The molecule has 7 heteroatoms. The van der Waals surface area contributed by atoms with Crippen LogP contribution >= 0.6 is 11.6 Å². The molecule has 114 valence electrons. The quantitative estimate of drug-likeness (QED) is 0.809. The molecule has 1 amide bonds. The molecule has 22 heavy (non-hydrogen) atoms. The van der Waals surface area contributed by atoms with Crippen LogP contribution in [0.2, 0.25) is 5.02 Å². The van der Waals surface area contributed by atoms with E-state index >= 15 is 0 Å². The molecule has 1 fully saturated rings. The van der Waals surface area contributed by atoms with Crippen molar-refractivity contribution in [1.82, 2.24) is 14.9 Å². The van der Waals surface area contributed by atoms with Crippen molar-refractivity contribution in [3.05, 3.63) is 47.6 Å². The van der Waals surface area contributed by atoms with Crippen molar-refractivity contribution in [1.29, 1.82) is 0 Å². The number of ether oxygens (including phenoxy) is 1. The lowest BCUT2D eigenvalue weighted by Gasteiger charge is -2.14. The topological polar surface area (TPSA) is 68.5 Å². The van der Waals surface area contributed by atoms with E-state index in [-0.39, 0.29) is 18.0 Å². The van der Waals surface area contributed by atoms with Gasteiger partial charge in [0.15, 0.2) is 0 Å². The Hall–Kier alpha value is -2.34. The Kier molecular flexibility index (Phi) is 4.39. The van der Waals surface area contributed by atoms with Gasteiger partial charge in [-0.2, -0.15) is 0 Å². The molecule has 0 aromatic carbocycles. The zero-order valence-corrected chi connectivity index (χ0v) is 12.4. The fraction of sp³-hybridized carbons (Fsp3) is 0.267. The molecular formula is C15H14ClN3O3. The Morgan fingerprint density at radius 1 is 1.45 bits per heavy atom. The van der Waals surface area contributed by atoms with E-state index < -0.39 is 0 Å². The average molecular weight is 320 g/mol. The number of hydrogen-bond donors (Lipinski definition) is 0. The summed E-state index contributed by atoms with van der Waals surface area (Å²) in [5.41, 5.74) is 0. The number of rotatable bonds is 4. The second-order valence-corrected chi connectivity index (χ2v) is 5.28.